The first kappa shape index (κ1) is 28.4. The van der Waals surface area contributed by atoms with Crippen LogP contribution in [0.5, 0.6) is 0 Å². The maximum atomic E-state index is 10.6. The van der Waals surface area contributed by atoms with E-state index >= 15 is 0 Å². The molecule has 0 radical (unpaired) electrons. The van der Waals surface area contributed by atoms with E-state index in [0.717, 1.165) is 52.0 Å². The van der Waals surface area contributed by atoms with E-state index in [2.05, 4.69) is 26.5 Å². The van der Waals surface area contributed by atoms with Crippen molar-refractivity contribution in [1.82, 2.24) is 19.9 Å². The van der Waals surface area contributed by atoms with Crippen LogP contribution in [0.25, 0.3) is 22.5 Å². The molecule has 0 bridgehead atoms. The van der Waals surface area contributed by atoms with E-state index in [9.17, 15) is 26.3 Å². The van der Waals surface area contributed by atoms with Crippen molar-refractivity contribution >= 4 is 35.2 Å². The van der Waals surface area contributed by atoms with E-state index < -0.39 is 24.3 Å². The molecule has 4 N–H and O–H groups in total. The van der Waals surface area contributed by atoms with Crippen molar-refractivity contribution in [3.8, 4) is 22.5 Å². The number of halogens is 6. The first-order valence-electron chi connectivity index (χ1n) is 9.60. The Labute approximate surface area is 203 Å². The van der Waals surface area contributed by atoms with E-state index in [1.54, 1.807) is 12.4 Å². The van der Waals surface area contributed by atoms with E-state index in [0.29, 0.717) is 0 Å². The monoisotopic (exact) mass is 537 g/mol. The minimum absolute atomic E-state index is 0.818. The van der Waals surface area contributed by atoms with Gasteiger partial charge in [-0.2, -0.15) is 38.1 Å². The third kappa shape index (κ3) is 7.59. The number of alkyl halides is 6. The second kappa shape index (κ2) is 11.7. The lowest BCUT2D eigenvalue weighted by atomic mass is 10.1. The molecule has 0 unspecified atom stereocenters. The molecule has 3 aromatic heterocycles. The maximum absolute atomic E-state index is 10.6. The summed E-state index contributed by atoms with van der Waals surface area (Å²) in [6.45, 7) is 0. The molecule has 36 heavy (non-hydrogen) atoms. The van der Waals surface area contributed by atoms with Crippen LogP contribution in [0.15, 0.2) is 36.8 Å². The minimum Gasteiger partial charge on any atom is -0.475 e. The number of hydrogen-bond donors (Lipinski definition) is 4. The smallest absolute Gasteiger partial charge is 0.475 e. The molecule has 0 aromatic carbocycles. The molecule has 0 aliphatic carbocycles. The second-order valence-electron chi connectivity index (χ2n) is 6.70. The van der Waals surface area contributed by atoms with Crippen LogP contribution < -0.4 is 5.32 Å². The standard InChI is InChI=1S/C16H15N5S.2C2HF3O2/c1-22-8-5-13-20-14-10-4-7-17-9-12(10)19-16-11(15(14)21-13)3-2-6-18-16;2*3-2(4,5)1(6)7/h2-4,6-7,9H,5,8H2,1H3,(H,18,19)(H,20,21);2*(H,6,7). The van der Waals surface area contributed by atoms with Gasteiger partial charge < -0.3 is 20.5 Å². The number of anilines is 2. The highest BCUT2D eigenvalue weighted by atomic mass is 32.2. The zero-order chi connectivity index (χ0) is 27.1. The summed E-state index contributed by atoms with van der Waals surface area (Å²) < 4.78 is 63.5. The number of pyridine rings is 2. The Bertz CT molecular complexity index is 1130. The summed E-state index contributed by atoms with van der Waals surface area (Å²) in [6.07, 6.45) is -1.72. The number of rotatable bonds is 3. The number of H-pyrrole nitrogens is 1. The van der Waals surface area contributed by atoms with Crippen molar-refractivity contribution in [3.05, 3.63) is 42.6 Å². The number of nitrogens with one attached hydrogen (secondary N) is 2. The van der Waals surface area contributed by atoms with Gasteiger partial charge in [0.05, 0.1) is 17.6 Å². The molecule has 4 heterocycles. The van der Waals surface area contributed by atoms with Gasteiger partial charge in [0.15, 0.2) is 0 Å². The Morgan fingerprint density at radius 3 is 2.17 bits per heavy atom. The average molecular weight is 537 g/mol. The quantitative estimate of drug-likeness (QED) is 0.272. The molecule has 0 fully saturated rings. The molecule has 0 amide bonds. The van der Waals surface area contributed by atoms with Gasteiger partial charge in [-0.3, -0.25) is 4.98 Å². The van der Waals surface area contributed by atoms with Gasteiger partial charge >= 0.3 is 24.3 Å². The summed E-state index contributed by atoms with van der Waals surface area (Å²) in [5, 5.41) is 17.6. The molecule has 0 saturated heterocycles. The maximum Gasteiger partial charge on any atom is 0.490 e. The molecule has 194 valence electrons. The number of aliphatic carboxylic acids is 2. The number of aromatic amines is 1. The first-order chi connectivity index (χ1) is 16.8. The van der Waals surface area contributed by atoms with Gasteiger partial charge in [-0.05, 0) is 24.5 Å². The zero-order valence-electron chi connectivity index (χ0n) is 18.1. The molecule has 16 heteroatoms. The van der Waals surface area contributed by atoms with Crippen LogP contribution >= 0.6 is 11.8 Å². The highest BCUT2D eigenvalue weighted by Crippen LogP contribution is 2.41. The van der Waals surface area contributed by atoms with Crippen molar-refractivity contribution in [3.63, 3.8) is 0 Å². The fourth-order valence-electron chi connectivity index (χ4n) is 2.66. The lowest BCUT2D eigenvalue weighted by Crippen LogP contribution is -2.21. The molecule has 3 aromatic rings. The van der Waals surface area contributed by atoms with Crippen LogP contribution in [0.3, 0.4) is 0 Å². The Balaban J connectivity index is 0.000000271. The van der Waals surface area contributed by atoms with Crippen molar-refractivity contribution in [2.24, 2.45) is 0 Å². The van der Waals surface area contributed by atoms with Gasteiger partial charge in [0.2, 0.25) is 0 Å². The zero-order valence-corrected chi connectivity index (χ0v) is 18.9. The van der Waals surface area contributed by atoms with Crippen LogP contribution in [0.2, 0.25) is 0 Å². The first-order valence-corrected chi connectivity index (χ1v) is 11.0. The summed E-state index contributed by atoms with van der Waals surface area (Å²) >= 11 is 1.82. The number of imidazole rings is 1. The molecular weight excluding hydrogens is 520 g/mol. The summed E-state index contributed by atoms with van der Waals surface area (Å²) in [5.74, 6) is -2.63. The molecule has 0 saturated carbocycles. The van der Waals surface area contributed by atoms with Gasteiger partial charge in [0.1, 0.15) is 17.3 Å². The number of fused-ring (bicyclic) bond motifs is 5. The highest BCUT2D eigenvalue weighted by Gasteiger charge is 2.38. The van der Waals surface area contributed by atoms with Crippen molar-refractivity contribution in [2.75, 3.05) is 17.3 Å². The molecule has 4 rings (SSSR count). The molecule has 1 aliphatic rings. The lowest BCUT2D eigenvalue weighted by Gasteiger charge is -2.07. The van der Waals surface area contributed by atoms with Gasteiger partial charge in [-0.25, -0.2) is 19.6 Å². The molecule has 0 atom stereocenters. The Hall–Kier alpha value is -3.82. The van der Waals surface area contributed by atoms with Crippen LogP contribution in [-0.2, 0) is 16.0 Å². The Morgan fingerprint density at radius 2 is 1.61 bits per heavy atom. The number of hydrogen-bond acceptors (Lipinski definition) is 7. The topological polar surface area (TPSA) is 141 Å². The van der Waals surface area contributed by atoms with Gasteiger partial charge in [0, 0.05) is 35.7 Å². The third-order valence-corrected chi connectivity index (χ3v) is 4.80. The largest absolute Gasteiger partial charge is 0.490 e. The number of thioether (sulfide) groups is 1. The van der Waals surface area contributed by atoms with Crippen molar-refractivity contribution in [2.45, 2.75) is 18.8 Å². The van der Waals surface area contributed by atoms with Gasteiger partial charge in [-0.15, -0.1) is 0 Å². The number of nitrogens with zero attached hydrogens (tertiary/aromatic N) is 3. The predicted molar refractivity (Wildman–Crippen MR) is 118 cm³/mol. The SMILES string of the molecule is CSCCc1nc2c([nH]1)-c1ccncc1Nc1ncccc1-2.O=C(O)C(F)(F)F.O=C(O)C(F)(F)F. The van der Waals surface area contributed by atoms with E-state index in [-0.39, 0.29) is 0 Å². The predicted octanol–water partition coefficient (Wildman–Crippen LogP) is 4.76. The molecule has 0 spiro atoms. The fourth-order valence-corrected chi connectivity index (χ4v) is 3.06. The normalized spacial score (nSPS) is 11.6. The molecular formula is C20H17F6N5O4S. The molecule has 9 nitrogen and oxygen atoms in total. The Morgan fingerprint density at radius 1 is 1.00 bits per heavy atom. The van der Waals surface area contributed by atoms with Crippen LogP contribution in [0, 0.1) is 0 Å². The number of aryl methyl sites for hydroxylation is 1. The summed E-state index contributed by atoms with van der Waals surface area (Å²) in [4.78, 5) is 34.8. The number of carbonyl (C=O) groups is 2. The van der Waals surface area contributed by atoms with Gasteiger partial charge in [-0.1, -0.05) is 0 Å². The van der Waals surface area contributed by atoms with E-state index in [1.807, 2.05) is 36.2 Å². The lowest BCUT2D eigenvalue weighted by molar-refractivity contribution is -0.193. The number of aromatic nitrogens is 4. The fraction of sp³-hybridized carbons (Fsp3) is 0.250. The van der Waals surface area contributed by atoms with Crippen LogP contribution in [-0.4, -0.2) is 66.4 Å². The van der Waals surface area contributed by atoms with Crippen molar-refractivity contribution in [1.29, 1.82) is 0 Å². The van der Waals surface area contributed by atoms with Gasteiger partial charge in [0.25, 0.3) is 0 Å². The summed E-state index contributed by atoms with van der Waals surface area (Å²) in [5.41, 5.74) is 5.02. The number of carboxylic acid groups (broad SMARTS) is 2. The van der Waals surface area contributed by atoms with Crippen molar-refractivity contribution < 1.29 is 46.1 Å². The second-order valence-corrected chi connectivity index (χ2v) is 7.69. The Kier molecular flexibility index (Phi) is 9.27. The summed E-state index contributed by atoms with van der Waals surface area (Å²) in [7, 11) is 0. The van der Waals surface area contributed by atoms with E-state index in [4.69, 9.17) is 24.8 Å². The number of carboxylic acids is 2. The van der Waals surface area contributed by atoms with Crippen LogP contribution in [0.4, 0.5) is 37.8 Å². The molecule has 1 aliphatic heterocycles. The summed E-state index contributed by atoms with van der Waals surface area (Å²) in [6, 6.07) is 5.99. The highest BCUT2D eigenvalue weighted by molar-refractivity contribution is 7.98. The minimum atomic E-state index is -5.08. The third-order valence-electron chi connectivity index (χ3n) is 4.19. The average Bonchev–Trinajstić information content (AvgIpc) is 3.16. The van der Waals surface area contributed by atoms with Crippen LogP contribution in [0.1, 0.15) is 5.82 Å². The van der Waals surface area contributed by atoms with E-state index in [1.165, 1.54) is 0 Å².